The number of ether oxygens (including phenoxy) is 1. The lowest BCUT2D eigenvalue weighted by Gasteiger charge is -2.19. The third-order valence-corrected chi connectivity index (χ3v) is 2.88. The van der Waals surface area contributed by atoms with Crippen molar-refractivity contribution >= 4 is 0 Å². The molecule has 1 heterocycles. The monoisotopic (exact) mass is 251 g/mol. The lowest BCUT2D eigenvalue weighted by atomic mass is 9.95. The molecule has 0 spiro atoms. The number of hydrogen-bond acceptors (Lipinski definition) is 4. The summed E-state index contributed by atoms with van der Waals surface area (Å²) in [5.74, 6) is 0.915. The first-order valence-corrected chi connectivity index (χ1v) is 6.40. The summed E-state index contributed by atoms with van der Waals surface area (Å²) in [5.41, 5.74) is 3.33. The highest BCUT2D eigenvalue weighted by Crippen LogP contribution is 2.20. The Kier molecular flexibility index (Phi) is 5.23. The maximum absolute atomic E-state index is 5.01. The van der Waals surface area contributed by atoms with E-state index < -0.39 is 0 Å². The highest BCUT2D eigenvalue weighted by Gasteiger charge is 2.19. The van der Waals surface area contributed by atoms with Crippen LogP contribution in [0.3, 0.4) is 0 Å². The third kappa shape index (κ3) is 4.03. The van der Waals surface area contributed by atoms with Crippen molar-refractivity contribution in [2.45, 2.75) is 46.6 Å². The third-order valence-electron chi connectivity index (χ3n) is 2.88. The number of methoxy groups -OCH3 is 1. The fraction of sp³-hybridized carbons (Fsp3) is 0.714. The van der Waals surface area contributed by atoms with E-state index in [4.69, 9.17) is 4.74 Å². The molecular weight excluding hydrogens is 226 g/mol. The average molecular weight is 251 g/mol. The molecule has 0 aliphatic carbocycles. The van der Waals surface area contributed by atoms with Gasteiger partial charge in [-0.05, 0) is 13.8 Å². The molecule has 4 nitrogen and oxygen atoms in total. The number of aromatic nitrogens is 2. The Labute approximate surface area is 110 Å². The van der Waals surface area contributed by atoms with E-state index in [1.54, 1.807) is 7.11 Å². The summed E-state index contributed by atoms with van der Waals surface area (Å²) in [4.78, 5) is 9.24. The van der Waals surface area contributed by atoms with E-state index in [1.807, 2.05) is 0 Å². The van der Waals surface area contributed by atoms with Gasteiger partial charge in [-0.3, -0.25) is 0 Å². The second-order valence-electron chi connectivity index (χ2n) is 5.62. The zero-order chi connectivity index (χ0) is 13.8. The van der Waals surface area contributed by atoms with Gasteiger partial charge in [-0.15, -0.1) is 0 Å². The van der Waals surface area contributed by atoms with Crippen LogP contribution in [0.25, 0.3) is 0 Å². The van der Waals surface area contributed by atoms with Gasteiger partial charge in [-0.25, -0.2) is 9.97 Å². The smallest absolute Gasteiger partial charge is 0.134 e. The molecule has 0 saturated heterocycles. The zero-order valence-electron chi connectivity index (χ0n) is 12.4. The van der Waals surface area contributed by atoms with E-state index in [2.05, 4.69) is 49.9 Å². The van der Waals surface area contributed by atoms with Crippen molar-refractivity contribution in [3.8, 4) is 0 Å². The molecule has 0 saturated carbocycles. The van der Waals surface area contributed by atoms with Crippen LogP contribution in [-0.4, -0.2) is 30.2 Å². The Hall–Kier alpha value is -1.00. The van der Waals surface area contributed by atoms with Gasteiger partial charge in [-0.1, -0.05) is 20.8 Å². The SMILES string of the molecule is COCCNCc1c(C)nc(C(C)(C)C)nc1C. The highest BCUT2D eigenvalue weighted by atomic mass is 16.5. The first-order chi connectivity index (χ1) is 8.36. The van der Waals surface area contributed by atoms with E-state index in [0.717, 1.165) is 36.9 Å². The van der Waals surface area contributed by atoms with Crippen LogP contribution >= 0.6 is 0 Å². The quantitative estimate of drug-likeness (QED) is 0.814. The maximum atomic E-state index is 5.01. The lowest BCUT2D eigenvalue weighted by Crippen LogP contribution is -2.23. The van der Waals surface area contributed by atoms with Crippen LogP contribution in [0.15, 0.2) is 0 Å². The molecule has 1 rings (SSSR count). The minimum atomic E-state index is -0.00245. The van der Waals surface area contributed by atoms with Crippen LogP contribution in [0.5, 0.6) is 0 Å². The number of rotatable bonds is 5. The minimum Gasteiger partial charge on any atom is -0.383 e. The van der Waals surface area contributed by atoms with Crippen LogP contribution in [0, 0.1) is 13.8 Å². The largest absolute Gasteiger partial charge is 0.383 e. The molecule has 0 amide bonds. The van der Waals surface area contributed by atoms with Gasteiger partial charge in [-0.2, -0.15) is 0 Å². The Morgan fingerprint density at radius 1 is 1.11 bits per heavy atom. The first kappa shape index (κ1) is 15.1. The Morgan fingerprint density at radius 3 is 2.11 bits per heavy atom. The van der Waals surface area contributed by atoms with E-state index in [9.17, 15) is 0 Å². The molecule has 1 aromatic rings. The summed E-state index contributed by atoms with van der Waals surface area (Å²) in [7, 11) is 1.71. The van der Waals surface area contributed by atoms with Crippen LogP contribution in [0.4, 0.5) is 0 Å². The molecule has 0 fully saturated rings. The zero-order valence-corrected chi connectivity index (χ0v) is 12.4. The molecule has 18 heavy (non-hydrogen) atoms. The Balaban J connectivity index is 2.82. The van der Waals surface area contributed by atoms with Crippen LogP contribution in [0.2, 0.25) is 0 Å². The van der Waals surface area contributed by atoms with Crippen molar-refractivity contribution in [1.82, 2.24) is 15.3 Å². The van der Waals surface area contributed by atoms with Gasteiger partial charge >= 0.3 is 0 Å². The topological polar surface area (TPSA) is 47.0 Å². The second-order valence-corrected chi connectivity index (χ2v) is 5.62. The first-order valence-electron chi connectivity index (χ1n) is 6.40. The van der Waals surface area contributed by atoms with Gasteiger partial charge in [0.25, 0.3) is 0 Å². The molecule has 0 aliphatic rings. The summed E-state index contributed by atoms with van der Waals surface area (Å²) in [6.07, 6.45) is 0. The highest BCUT2D eigenvalue weighted by molar-refractivity contribution is 5.25. The van der Waals surface area contributed by atoms with Gasteiger partial charge in [0.2, 0.25) is 0 Å². The molecule has 4 heteroatoms. The maximum Gasteiger partial charge on any atom is 0.134 e. The molecule has 0 aromatic carbocycles. The molecule has 0 atom stereocenters. The summed E-state index contributed by atoms with van der Waals surface area (Å²) < 4.78 is 5.01. The number of hydrogen-bond donors (Lipinski definition) is 1. The molecule has 0 radical (unpaired) electrons. The molecule has 1 aromatic heterocycles. The fourth-order valence-corrected chi connectivity index (χ4v) is 1.72. The molecule has 102 valence electrons. The summed E-state index contributed by atoms with van der Waals surface area (Å²) in [6.45, 7) is 12.9. The van der Waals surface area contributed by atoms with Crippen LogP contribution in [-0.2, 0) is 16.7 Å². The number of aryl methyl sites for hydroxylation is 2. The van der Waals surface area contributed by atoms with Crippen molar-refractivity contribution in [2.24, 2.45) is 0 Å². The molecule has 0 unspecified atom stereocenters. The standard InChI is InChI=1S/C14H25N3O/c1-10-12(9-15-7-8-18-6)11(2)17-13(16-10)14(3,4)5/h15H,7-9H2,1-6H3. The number of nitrogens with zero attached hydrogens (tertiary/aromatic N) is 2. The van der Waals surface area contributed by atoms with Gasteiger partial charge in [0.05, 0.1) is 6.61 Å². The van der Waals surface area contributed by atoms with Crippen LogP contribution in [0.1, 0.15) is 43.5 Å². The Bertz CT molecular complexity index is 374. The van der Waals surface area contributed by atoms with Crippen molar-refractivity contribution in [3.05, 3.63) is 22.8 Å². The Morgan fingerprint density at radius 2 is 1.67 bits per heavy atom. The summed E-state index contributed by atoms with van der Waals surface area (Å²) in [5, 5.41) is 3.34. The van der Waals surface area contributed by atoms with E-state index >= 15 is 0 Å². The van der Waals surface area contributed by atoms with E-state index in [0.29, 0.717) is 0 Å². The summed E-state index contributed by atoms with van der Waals surface area (Å²) >= 11 is 0. The fourth-order valence-electron chi connectivity index (χ4n) is 1.72. The molecular formula is C14H25N3O. The predicted octanol–water partition coefficient (Wildman–Crippen LogP) is 2.13. The van der Waals surface area contributed by atoms with Crippen molar-refractivity contribution in [2.75, 3.05) is 20.3 Å². The van der Waals surface area contributed by atoms with E-state index in [1.165, 1.54) is 5.56 Å². The number of nitrogens with one attached hydrogen (secondary N) is 1. The van der Waals surface area contributed by atoms with Gasteiger partial charge in [0.1, 0.15) is 5.82 Å². The normalized spacial score (nSPS) is 11.9. The molecule has 0 bridgehead atoms. The minimum absolute atomic E-state index is 0.00245. The van der Waals surface area contributed by atoms with Gasteiger partial charge in [0.15, 0.2) is 0 Å². The lowest BCUT2D eigenvalue weighted by molar-refractivity contribution is 0.199. The second kappa shape index (κ2) is 6.25. The van der Waals surface area contributed by atoms with E-state index in [-0.39, 0.29) is 5.41 Å². The molecule has 1 N–H and O–H groups in total. The average Bonchev–Trinajstić information content (AvgIpc) is 2.25. The van der Waals surface area contributed by atoms with Gasteiger partial charge in [0, 0.05) is 42.6 Å². The molecule has 0 aliphatic heterocycles. The van der Waals surface area contributed by atoms with Crippen molar-refractivity contribution in [3.63, 3.8) is 0 Å². The predicted molar refractivity (Wildman–Crippen MR) is 73.8 cm³/mol. The van der Waals surface area contributed by atoms with Crippen molar-refractivity contribution < 1.29 is 4.74 Å². The summed E-state index contributed by atoms with van der Waals surface area (Å²) in [6, 6.07) is 0. The van der Waals surface area contributed by atoms with Crippen molar-refractivity contribution in [1.29, 1.82) is 0 Å². The van der Waals surface area contributed by atoms with Crippen LogP contribution < -0.4 is 5.32 Å². The van der Waals surface area contributed by atoms with Gasteiger partial charge < -0.3 is 10.1 Å².